The fourth-order valence-electron chi connectivity index (χ4n) is 2.51. The van der Waals surface area contributed by atoms with Crippen molar-refractivity contribution in [2.24, 2.45) is 5.73 Å². The number of anilines is 1. The summed E-state index contributed by atoms with van der Waals surface area (Å²) in [7, 11) is 1.64. The highest BCUT2D eigenvalue weighted by Crippen LogP contribution is 2.27. The number of hydrogen-bond donors (Lipinski definition) is 1. The van der Waals surface area contributed by atoms with Crippen molar-refractivity contribution >= 4 is 5.69 Å². The number of methoxy groups -OCH3 is 1. The molecule has 2 atom stereocenters. The molecule has 0 radical (unpaired) electrons. The lowest BCUT2D eigenvalue weighted by atomic mass is 9.96. The second-order valence-corrected chi connectivity index (χ2v) is 4.67. The first-order valence-electron chi connectivity index (χ1n) is 6.24. The molecule has 1 aromatic rings. The van der Waals surface area contributed by atoms with E-state index >= 15 is 0 Å². The van der Waals surface area contributed by atoms with Crippen LogP contribution in [0.4, 0.5) is 5.69 Å². The number of aromatic nitrogens is 1. The van der Waals surface area contributed by atoms with Crippen molar-refractivity contribution < 1.29 is 4.74 Å². The van der Waals surface area contributed by atoms with Gasteiger partial charge in [-0.05, 0) is 32.3 Å². The lowest BCUT2D eigenvalue weighted by molar-refractivity contribution is 0.394. The summed E-state index contributed by atoms with van der Waals surface area (Å²) in [6, 6.07) is 4.63. The third-order valence-corrected chi connectivity index (χ3v) is 3.42. The van der Waals surface area contributed by atoms with Crippen molar-refractivity contribution in [3.8, 4) is 5.88 Å². The Morgan fingerprint density at radius 2 is 2.35 bits per heavy atom. The Kier molecular flexibility index (Phi) is 3.84. The molecule has 4 nitrogen and oxygen atoms in total. The van der Waals surface area contributed by atoms with Gasteiger partial charge in [-0.1, -0.05) is 0 Å². The third-order valence-electron chi connectivity index (χ3n) is 3.42. The minimum atomic E-state index is 0.189. The van der Waals surface area contributed by atoms with E-state index < -0.39 is 0 Å². The first kappa shape index (κ1) is 12.2. The first-order valence-corrected chi connectivity index (χ1v) is 6.24. The van der Waals surface area contributed by atoms with Crippen molar-refractivity contribution in [1.82, 2.24) is 4.98 Å². The number of ether oxygens (including phenoxy) is 1. The summed E-state index contributed by atoms with van der Waals surface area (Å²) < 4.78 is 5.17. The maximum atomic E-state index is 6.08. The molecule has 2 N–H and O–H groups in total. The van der Waals surface area contributed by atoms with Gasteiger partial charge in [-0.15, -0.1) is 0 Å². The zero-order valence-electron chi connectivity index (χ0n) is 10.6. The van der Waals surface area contributed by atoms with E-state index in [0.29, 0.717) is 11.9 Å². The van der Waals surface area contributed by atoms with Gasteiger partial charge in [0.05, 0.1) is 7.11 Å². The fourth-order valence-corrected chi connectivity index (χ4v) is 2.51. The minimum absolute atomic E-state index is 0.189. The molecule has 4 heteroatoms. The van der Waals surface area contributed by atoms with Gasteiger partial charge in [0.25, 0.3) is 0 Å². The number of hydrogen-bond acceptors (Lipinski definition) is 4. The molecule has 0 amide bonds. The van der Waals surface area contributed by atoms with Crippen molar-refractivity contribution in [1.29, 1.82) is 0 Å². The molecule has 1 saturated heterocycles. The van der Waals surface area contributed by atoms with Gasteiger partial charge >= 0.3 is 0 Å². The second kappa shape index (κ2) is 5.36. The highest BCUT2D eigenvalue weighted by Gasteiger charge is 2.25. The summed E-state index contributed by atoms with van der Waals surface area (Å²) in [5, 5.41) is 0. The van der Waals surface area contributed by atoms with Crippen LogP contribution >= 0.6 is 0 Å². The Morgan fingerprint density at radius 3 is 3.06 bits per heavy atom. The molecule has 0 bridgehead atoms. The van der Waals surface area contributed by atoms with Crippen LogP contribution in [0, 0.1) is 0 Å². The summed E-state index contributed by atoms with van der Waals surface area (Å²) in [6.07, 6.45) is 5.46. The molecule has 2 rings (SSSR count). The van der Waals surface area contributed by atoms with Gasteiger partial charge in [-0.25, -0.2) is 4.98 Å². The predicted molar refractivity (Wildman–Crippen MR) is 69.4 cm³/mol. The Bertz CT molecular complexity index is 367. The van der Waals surface area contributed by atoms with E-state index in [1.807, 2.05) is 12.1 Å². The molecule has 0 aliphatic carbocycles. The monoisotopic (exact) mass is 235 g/mol. The van der Waals surface area contributed by atoms with Crippen LogP contribution in [-0.4, -0.2) is 30.7 Å². The van der Waals surface area contributed by atoms with Crippen LogP contribution in [0.3, 0.4) is 0 Å². The van der Waals surface area contributed by atoms with E-state index in [2.05, 4.69) is 16.8 Å². The lowest BCUT2D eigenvalue weighted by Crippen LogP contribution is -2.49. The number of nitrogens with two attached hydrogens (primary N) is 1. The van der Waals surface area contributed by atoms with Gasteiger partial charge in [-0.2, -0.15) is 0 Å². The van der Waals surface area contributed by atoms with E-state index in [9.17, 15) is 0 Å². The third kappa shape index (κ3) is 2.69. The van der Waals surface area contributed by atoms with E-state index in [4.69, 9.17) is 10.5 Å². The first-order chi connectivity index (χ1) is 8.22. The largest absolute Gasteiger partial charge is 0.481 e. The lowest BCUT2D eigenvalue weighted by Gasteiger charge is -2.39. The molecular weight excluding hydrogens is 214 g/mol. The molecule has 0 saturated carbocycles. The molecule has 0 spiro atoms. The Morgan fingerprint density at radius 1 is 1.53 bits per heavy atom. The summed E-state index contributed by atoms with van der Waals surface area (Å²) in [4.78, 5) is 6.53. The fraction of sp³-hybridized carbons (Fsp3) is 0.615. The molecule has 2 unspecified atom stereocenters. The number of piperidine rings is 1. The van der Waals surface area contributed by atoms with Crippen LogP contribution in [-0.2, 0) is 0 Å². The topological polar surface area (TPSA) is 51.4 Å². The predicted octanol–water partition coefficient (Wildman–Crippen LogP) is 1.80. The SMILES string of the molecule is COc1cc(N2CCCCC2C(C)N)ccn1. The van der Waals surface area contributed by atoms with E-state index in [0.717, 1.165) is 6.54 Å². The average Bonchev–Trinajstić information content (AvgIpc) is 2.39. The van der Waals surface area contributed by atoms with Crippen LogP contribution in [0.25, 0.3) is 0 Å². The molecule has 17 heavy (non-hydrogen) atoms. The zero-order valence-corrected chi connectivity index (χ0v) is 10.6. The Labute approximate surface area is 103 Å². The quantitative estimate of drug-likeness (QED) is 0.868. The molecule has 1 aliphatic rings. The van der Waals surface area contributed by atoms with E-state index in [1.165, 1.54) is 24.9 Å². The highest BCUT2D eigenvalue weighted by atomic mass is 16.5. The second-order valence-electron chi connectivity index (χ2n) is 4.67. The smallest absolute Gasteiger partial charge is 0.214 e. The van der Waals surface area contributed by atoms with Gasteiger partial charge in [0.15, 0.2) is 0 Å². The van der Waals surface area contributed by atoms with E-state index in [1.54, 1.807) is 13.3 Å². The summed E-state index contributed by atoms with van der Waals surface area (Å²) >= 11 is 0. The maximum Gasteiger partial charge on any atom is 0.214 e. The normalized spacial score (nSPS) is 22.3. The molecule has 1 fully saturated rings. The molecule has 94 valence electrons. The van der Waals surface area contributed by atoms with Gasteiger partial charge in [0.1, 0.15) is 0 Å². The van der Waals surface area contributed by atoms with Gasteiger partial charge in [0.2, 0.25) is 5.88 Å². The number of pyridine rings is 1. The van der Waals surface area contributed by atoms with Gasteiger partial charge < -0.3 is 15.4 Å². The zero-order chi connectivity index (χ0) is 12.3. The summed E-state index contributed by atoms with van der Waals surface area (Å²) in [5.41, 5.74) is 7.24. The maximum absolute atomic E-state index is 6.08. The van der Waals surface area contributed by atoms with Crippen LogP contribution in [0.1, 0.15) is 26.2 Å². The van der Waals surface area contributed by atoms with Crippen LogP contribution < -0.4 is 15.4 Å². The van der Waals surface area contributed by atoms with Gasteiger partial charge in [-0.3, -0.25) is 0 Å². The summed E-state index contributed by atoms with van der Waals surface area (Å²) in [6.45, 7) is 3.15. The molecule has 1 aromatic heterocycles. The number of nitrogens with zero attached hydrogens (tertiary/aromatic N) is 2. The number of rotatable bonds is 3. The average molecular weight is 235 g/mol. The van der Waals surface area contributed by atoms with Crippen LogP contribution in [0.15, 0.2) is 18.3 Å². The van der Waals surface area contributed by atoms with E-state index in [-0.39, 0.29) is 6.04 Å². The summed E-state index contributed by atoms with van der Waals surface area (Å²) in [5.74, 6) is 0.663. The van der Waals surface area contributed by atoms with Crippen molar-refractivity contribution in [2.45, 2.75) is 38.3 Å². The Hall–Kier alpha value is -1.29. The van der Waals surface area contributed by atoms with Crippen LogP contribution in [0.2, 0.25) is 0 Å². The molecule has 1 aliphatic heterocycles. The van der Waals surface area contributed by atoms with Crippen LogP contribution in [0.5, 0.6) is 5.88 Å². The molecule has 2 heterocycles. The van der Waals surface area contributed by atoms with Gasteiger partial charge in [0, 0.05) is 36.6 Å². The highest BCUT2D eigenvalue weighted by molar-refractivity contribution is 5.49. The van der Waals surface area contributed by atoms with Crippen molar-refractivity contribution in [2.75, 3.05) is 18.6 Å². The van der Waals surface area contributed by atoms with Crippen molar-refractivity contribution in [3.05, 3.63) is 18.3 Å². The Balaban J connectivity index is 2.22. The standard InChI is InChI=1S/C13H21N3O/c1-10(14)12-5-3-4-8-16(12)11-6-7-15-13(9-11)17-2/h6-7,9-10,12H,3-5,8,14H2,1-2H3. The molecular formula is C13H21N3O. The molecule has 0 aromatic carbocycles. The van der Waals surface area contributed by atoms with Crippen molar-refractivity contribution in [3.63, 3.8) is 0 Å². The minimum Gasteiger partial charge on any atom is -0.481 e.